The van der Waals surface area contributed by atoms with Gasteiger partial charge in [0.2, 0.25) is 11.5 Å². The number of aliphatic hydroxyl groups excluding tert-OH is 1. The van der Waals surface area contributed by atoms with Gasteiger partial charge in [0, 0.05) is 6.07 Å². The monoisotopic (exact) mass is 369 g/mol. The summed E-state index contributed by atoms with van der Waals surface area (Å²) in [4.78, 5) is 9.98. The molecule has 0 saturated carbocycles. The highest BCUT2D eigenvalue weighted by Gasteiger charge is 2.42. The van der Waals surface area contributed by atoms with Crippen LogP contribution >= 0.6 is 11.6 Å². The summed E-state index contributed by atoms with van der Waals surface area (Å²) >= 11 is 6.14. The van der Waals surface area contributed by atoms with Crippen molar-refractivity contribution < 1.29 is 35.2 Å². The van der Waals surface area contributed by atoms with Gasteiger partial charge in [-0.2, -0.15) is 0 Å². The fraction of sp³-hybridized carbons (Fsp3) is 0.200. The molecule has 0 aromatic heterocycles. The molecule has 10 heteroatoms. The van der Waals surface area contributed by atoms with E-state index in [0.717, 1.165) is 12.1 Å². The molecule has 0 aliphatic carbocycles. The first-order chi connectivity index (χ1) is 11.7. The molecule has 0 spiro atoms. The van der Waals surface area contributed by atoms with E-state index in [4.69, 9.17) is 16.3 Å². The first-order valence-electron chi connectivity index (χ1n) is 6.96. The summed E-state index contributed by atoms with van der Waals surface area (Å²) in [5.74, 6) is -2.69. The predicted octanol–water partition coefficient (Wildman–Crippen LogP) is 2.19. The SMILES string of the molecule is O=[N+]([O-])c1c(O)cc2c(c1O)C(Cl)[C@H](O)[C@@H](c1ccc(O)c(O)c1)O2. The molecule has 9 nitrogen and oxygen atoms in total. The number of benzene rings is 2. The molecule has 1 aliphatic rings. The number of aromatic hydroxyl groups is 4. The van der Waals surface area contributed by atoms with E-state index in [2.05, 4.69) is 0 Å². The smallest absolute Gasteiger partial charge is 0.352 e. The lowest BCUT2D eigenvalue weighted by Gasteiger charge is -2.34. The van der Waals surface area contributed by atoms with E-state index in [0.29, 0.717) is 0 Å². The molecular weight excluding hydrogens is 358 g/mol. The number of alkyl halides is 1. The number of nitro benzene ring substituents is 1. The predicted molar refractivity (Wildman–Crippen MR) is 84.2 cm³/mol. The topological polar surface area (TPSA) is 154 Å². The van der Waals surface area contributed by atoms with E-state index >= 15 is 0 Å². The van der Waals surface area contributed by atoms with Gasteiger partial charge in [-0.15, -0.1) is 11.6 Å². The molecule has 3 atom stereocenters. The molecule has 3 rings (SSSR count). The van der Waals surface area contributed by atoms with Crippen molar-refractivity contribution in [2.75, 3.05) is 0 Å². The maximum atomic E-state index is 11.0. The number of hydrogen-bond acceptors (Lipinski definition) is 8. The van der Waals surface area contributed by atoms with Gasteiger partial charge >= 0.3 is 5.69 Å². The number of phenols is 4. The van der Waals surface area contributed by atoms with Crippen LogP contribution in [0, 0.1) is 10.1 Å². The molecule has 0 bridgehead atoms. The van der Waals surface area contributed by atoms with Crippen molar-refractivity contribution in [1.29, 1.82) is 0 Å². The van der Waals surface area contributed by atoms with Crippen LogP contribution in [0.5, 0.6) is 28.7 Å². The van der Waals surface area contributed by atoms with Crippen molar-refractivity contribution in [1.82, 2.24) is 0 Å². The van der Waals surface area contributed by atoms with Gasteiger partial charge in [0.15, 0.2) is 17.6 Å². The lowest BCUT2D eigenvalue weighted by molar-refractivity contribution is -0.387. The zero-order chi connectivity index (χ0) is 18.5. The van der Waals surface area contributed by atoms with Gasteiger partial charge in [-0.25, -0.2) is 0 Å². The second-order valence-electron chi connectivity index (χ2n) is 5.44. The molecule has 132 valence electrons. The Kier molecular flexibility index (Phi) is 3.97. The first kappa shape index (κ1) is 16.9. The molecule has 0 radical (unpaired) electrons. The summed E-state index contributed by atoms with van der Waals surface area (Å²) in [6.07, 6.45) is -2.55. The first-order valence-corrected chi connectivity index (χ1v) is 7.40. The summed E-state index contributed by atoms with van der Waals surface area (Å²) in [7, 11) is 0. The molecule has 1 heterocycles. The van der Waals surface area contributed by atoms with Crippen molar-refractivity contribution in [2.45, 2.75) is 17.6 Å². The van der Waals surface area contributed by atoms with Gasteiger partial charge < -0.3 is 30.3 Å². The average Bonchev–Trinajstić information content (AvgIpc) is 2.52. The lowest BCUT2D eigenvalue weighted by Crippen LogP contribution is -2.32. The van der Waals surface area contributed by atoms with Crippen LogP contribution in [0.2, 0.25) is 0 Å². The van der Waals surface area contributed by atoms with E-state index in [9.17, 15) is 35.6 Å². The Morgan fingerprint density at radius 2 is 1.76 bits per heavy atom. The van der Waals surface area contributed by atoms with Crippen LogP contribution in [0.4, 0.5) is 5.69 Å². The van der Waals surface area contributed by atoms with Gasteiger partial charge in [0.05, 0.1) is 15.9 Å². The molecule has 0 fully saturated rings. The Bertz CT molecular complexity index is 871. The van der Waals surface area contributed by atoms with Gasteiger partial charge in [-0.05, 0) is 17.7 Å². The van der Waals surface area contributed by atoms with Gasteiger partial charge in [0.1, 0.15) is 11.9 Å². The van der Waals surface area contributed by atoms with Crippen molar-refractivity contribution in [3.05, 3.63) is 45.5 Å². The van der Waals surface area contributed by atoms with Gasteiger partial charge in [-0.3, -0.25) is 10.1 Å². The van der Waals surface area contributed by atoms with E-state index in [1.54, 1.807) is 0 Å². The highest BCUT2D eigenvalue weighted by atomic mass is 35.5. The van der Waals surface area contributed by atoms with Crippen LogP contribution in [-0.2, 0) is 0 Å². The Balaban J connectivity index is 2.11. The average molecular weight is 370 g/mol. The Morgan fingerprint density at radius 1 is 1.08 bits per heavy atom. The number of rotatable bonds is 2. The molecule has 2 aromatic rings. The second-order valence-corrected chi connectivity index (χ2v) is 5.91. The summed E-state index contributed by atoms with van der Waals surface area (Å²) in [6.45, 7) is 0. The minimum absolute atomic E-state index is 0.150. The Hall–Kier alpha value is -2.91. The minimum atomic E-state index is -1.44. The van der Waals surface area contributed by atoms with E-state index < -0.39 is 45.4 Å². The molecule has 1 unspecified atom stereocenters. The molecular formula is C15H12ClNO8. The van der Waals surface area contributed by atoms with Crippen LogP contribution in [-0.4, -0.2) is 36.6 Å². The van der Waals surface area contributed by atoms with Gasteiger partial charge in [0.25, 0.3) is 0 Å². The highest BCUT2D eigenvalue weighted by Crippen LogP contribution is 2.53. The summed E-state index contributed by atoms with van der Waals surface area (Å²) in [6, 6.07) is 4.64. The molecule has 25 heavy (non-hydrogen) atoms. The van der Waals surface area contributed by atoms with Gasteiger partial charge in [-0.1, -0.05) is 6.07 Å². The van der Waals surface area contributed by atoms with Crippen LogP contribution in [0.15, 0.2) is 24.3 Å². The summed E-state index contributed by atoms with van der Waals surface area (Å²) in [5, 5.41) is 58.8. The summed E-state index contributed by atoms with van der Waals surface area (Å²) < 4.78 is 5.52. The van der Waals surface area contributed by atoms with Crippen molar-refractivity contribution >= 4 is 17.3 Å². The number of nitro groups is 1. The highest BCUT2D eigenvalue weighted by molar-refractivity contribution is 6.22. The molecule has 5 N–H and O–H groups in total. The van der Waals surface area contributed by atoms with Crippen molar-refractivity contribution in [3.8, 4) is 28.7 Å². The number of fused-ring (bicyclic) bond motifs is 1. The lowest BCUT2D eigenvalue weighted by atomic mass is 9.93. The number of ether oxygens (including phenoxy) is 1. The fourth-order valence-electron chi connectivity index (χ4n) is 2.69. The maximum absolute atomic E-state index is 11.0. The fourth-order valence-corrected chi connectivity index (χ4v) is 3.04. The molecule has 1 aliphatic heterocycles. The van der Waals surface area contributed by atoms with Crippen LogP contribution in [0.3, 0.4) is 0 Å². The van der Waals surface area contributed by atoms with Crippen molar-refractivity contribution in [3.63, 3.8) is 0 Å². The van der Waals surface area contributed by atoms with E-state index in [1.807, 2.05) is 0 Å². The molecule has 0 saturated heterocycles. The number of phenolic OH excluding ortho intramolecular Hbond substituents is 4. The quantitative estimate of drug-likeness (QED) is 0.233. The third-order valence-corrected chi connectivity index (χ3v) is 4.38. The number of aliphatic hydroxyl groups is 1. The van der Waals surface area contributed by atoms with Crippen molar-refractivity contribution in [2.24, 2.45) is 0 Å². The zero-order valence-electron chi connectivity index (χ0n) is 12.3. The third-order valence-electron chi connectivity index (χ3n) is 3.91. The largest absolute Gasteiger partial charge is 0.504 e. The second kappa shape index (κ2) is 5.87. The third kappa shape index (κ3) is 2.63. The zero-order valence-corrected chi connectivity index (χ0v) is 13.1. The Labute approximate surface area is 145 Å². The maximum Gasteiger partial charge on any atom is 0.352 e. The minimum Gasteiger partial charge on any atom is -0.504 e. The van der Waals surface area contributed by atoms with E-state index in [1.165, 1.54) is 12.1 Å². The number of hydrogen-bond donors (Lipinski definition) is 5. The van der Waals surface area contributed by atoms with Crippen LogP contribution in [0.25, 0.3) is 0 Å². The van der Waals surface area contributed by atoms with Crippen LogP contribution in [0.1, 0.15) is 22.6 Å². The Morgan fingerprint density at radius 3 is 2.36 bits per heavy atom. The normalized spacial score (nSPS) is 22.1. The number of nitrogens with zero attached hydrogens (tertiary/aromatic N) is 1. The molecule has 0 amide bonds. The summed E-state index contributed by atoms with van der Waals surface area (Å²) in [5.41, 5.74) is -0.907. The number of halogens is 1. The van der Waals surface area contributed by atoms with Crippen LogP contribution < -0.4 is 4.74 Å². The van der Waals surface area contributed by atoms with E-state index in [-0.39, 0.29) is 22.6 Å². The molecule has 2 aromatic carbocycles. The standard InChI is InChI=1S/C15H12ClNO8/c16-11-10-9(4-8(20)12(13(10)21)17(23)24)25-15(14(11)22)5-1-2-6(18)7(19)3-5/h1-4,11,14-15,18-22H/t11?,14-,15+/m0/s1.